The van der Waals surface area contributed by atoms with Gasteiger partial charge in [0.1, 0.15) is 18.8 Å². The maximum absolute atomic E-state index is 14.8. The van der Waals surface area contributed by atoms with Crippen molar-refractivity contribution < 1.29 is 18.7 Å². The molecule has 11 heteroatoms. The number of rotatable bonds is 4. The van der Waals surface area contributed by atoms with Crippen molar-refractivity contribution in [1.82, 2.24) is 24.3 Å². The standard InChI is InChI=1S/C14H15BrFN5O4/c1-3-9-11(24-7(2)22)10(16)13(25-9)20-4-8(15)12(19-14(20)23)21-6-17-5-18-21/h4-6,9-11,13H,3H2,1-2H3/t9-,10+,11?,13-/m1/s1. The van der Waals surface area contributed by atoms with Crippen LogP contribution in [0.25, 0.3) is 5.82 Å². The zero-order valence-electron chi connectivity index (χ0n) is 13.4. The minimum absolute atomic E-state index is 0.218. The first-order chi connectivity index (χ1) is 11.9. The highest BCUT2D eigenvalue weighted by molar-refractivity contribution is 9.10. The van der Waals surface area contributed by atoms with E-state index in [-0.39, 0.29) is 5.82 Å². The van der Waals surface area contributed by atoms with Crippen LogP contribution >= 0.6 is 15.9 Å². The van der Waals surface area contributed by atoms with Gasteiger partial charge in [-0.25, -0.2) is 18.9 Å². The molecule has 1 unspecified atom stereocenters. The molecule has 25 heavy (non-hydrogen) atoms. The van der Waals surface area contributed by atoms with Gasteiger partial charge < -0.3 is 9.47 Å². The van der Waals surface area contributed by atoms with Crippen molar-refractivity contribution in [1.29, 1.82) is 0 Å². The van der Waals surface area contributed by atoms with Crippen LogP contribution in [0.3, 0.4) is 0 Å². The highest BCUT2D eigenvalue weighted by Gasteiger charge is 2.48. The molecular weight excluding hydrogens is 401 g/mol. The predicted molar refractivity (Wildman–Crippen MR) is 85.8 cm³/mol. The van der Waals surface area contributed by atoms with Gasteiger partial charge >= 0.3 is 11.7 Å². The van der Waals surface area contributed by atoms with Crippen LogP contribution in [0.1, 0.15) is 26.5 Å². The first kappa shape index (κ1) is 17.7. The highest BCUT2D eigenvalue weighted by Crippen LogP contribution is 2.35. The molecule has 0 spiro atoms. The number of nitrogens with zero attached hydrogens (tertiary/aromatic N) is 5. The van der Waals surface area contributed by atoms with Gasteiger partial charge in [0.05, 0.1) is 4.47 Å². The summed E-state index contributed by atoms with van der Waals surface area (Å²) in [6.07, 6.45) is -0.190. The number of hydrogen-bond donors (Lipinski definition) is 0. The fourth-order valence-electron chi connectivity index (χ4n) is 2.68. The van der Waals surface area contributed by atoms with Crippen LogP contribution in [0.2, 0.25) is 0 Å². The van der Waals surface area contributed by atoms with Gasteiger partial charge in [-0.2, -0.15) is 10.1 Å². The zero-order valence-corrected chi connectivity index (χ0v) is 15.0. The number of carbonyl (C=O) groups excluding carboxylic acids is 1. The van der Waals surface area contributed by atoms with Crippen LogP contribution < -0.4 is 5.69 Å². The van der Waals surface area contributed by atoms with Gasteiger partial charge in [-0.05, 0) is 22.4 Å². The van der Waals surface area contributed by atoms with Gasteiger partial charge in [-0.3, -0.25) is 9.36 Å². The third-order valence-corrected chi connectivity index (χ3v) is 4.33. The lowest BCUT2D eigenvalue weighted by molar-refractivity contribution is -0.151. The van der Waals surface area contributed by atoms with Crippen molar-refractivity contribution in [2.24, 2.45) is 0 Å². The average molecular weight is 416 g/mol. The summed E-state index contributed by atoms with van der Waals surface area (Å²) in [6.45, 7) is 2.98. The van der Waals surface area contributed by atoms with Crippen LogP contribution in [0.4, 0.5) is 4.39 Å². The summed E-state index contributed by atoms with van der Waals surface area (Å²) in [5.74, 6) is -0.390. The fourth-order valence-corrected chi connectivity index (χ4v) is 3.17. The van der Waals surface area contributed by atoms with Gasteiger partial charge in [0.15, 0.2) is 24.3 Å². The van der Waals surface area contributed by atoms with Gasteiger partial charge in [-0.15, -0.1) is 0 Å². The Labute approximate surface area is 149 Å². The molecule has 1 aliphatic rings. The number of ether oxygens (including phenoxy) is 2. The SMILES string of the molecule is CC[C@H]1O[C@@H](n2cc(Br)c(-n3cncn3)nc2=O)[C@@H](F)C1OC(C)=O. The van der Waals surface area contributed by atoms with E-state index in [1.54, 1.807) is 6.92 Å². The van der Waals surface area contributed by atoms with Gasteiger partial charge in [-0.1, -0.05) is 6.92 Å². The normalized spacial score (nSPS) is 25.9. The van der Waals surface area contributed by atoms with E-state index in [2.05, 4.69) is 31.0 Å². The molecule has 3 rings (SSSR count). The largest absolute Gasteiger partial charge is 0.456 e. The van der Waals surface area contributed by atoms with Gasteiger partial charge in [0.25, 0.3) is 0 Å². The van der Waals surface area contributed by atoms with Gasteiger partial charge in [0.2, 0.25) is 0 Å². The molecule has 2 aromatic heterocycles. The highest BCUT2D eigenvalue weighted by atomic mass is 79.9. The smallest absolute Gasteiger partial charge is 0.351 e. The van der Waals surface area contributed by atoms with E-state index >= 15 is 0 Å². The van der Waals surface area contributed by atoms with E-state index in [1.807, 2.05) is 0 Å². The second-order valence-electron chi connectivity index (χ2n) is 5.43. The Morgan fingerprint density at radius 2 is 2.28 bits per heavy atom. The molecule has 134 valence electrons. The monoisotopic (exact) mass is 415 g/mol. The molecule has 0 saturated carbocycles. The molecule has 2 aromatic rings. The van der Waals surface area contributed by atoms with E-state index in [1.165, 1.54) is 30.5 Å². The number of hydrogen-bond acceptors (Lipinski definition) is 7. The minimum Gasteiger partial charge on any atom is -0.456 e. The number of alkyl halides is 1. The summed E-state index contributed by atoms with van der Waals surface area (Å²) in [6, 6.07) is 0. The minimum atomic E-state index is -1.70. The van der Waals surface area contributed by atoms with Gasteiger partial charge in [0, 0.05) is 13.1 Å². The van der Waals surface area contributed by atoms with Crippen molar-refractivity contribution in [2.75, 3.05) is 0 Å². The van der Waals surface area contributed by atoms with E-state index in [9.17, 15) is 14.0 Å². The Bertz CT molecular complexity index is 827. The Morgan fingerprint density at radius 3 is 2.88 bits per heavy atom. The van der Waals surface area contributed by atoms with E-state index in [4.69, 9.17) is 9.47 Å². The molecule has 0 bridgehead atoms. The molecule has 0 aliphatic carbocycles. The molecule has 1 aliphatic heterocycles. The Kier molecular flexibility index (Phi) is 4.95. The molecule has 9 nitrogen and oxygen atoms in total. The molecule has 0 radical (unpaired) electrons. The second kappa shape index (κ2) is 7.00. The van der Waals surface area contributed by atoms with Crippen LogP contribution in [0.15, 0.2) is 28.1 Å². The first-order valence-electron chi connectivity index (χ1n) is 7.52. The third kappa shape index (κ3) is 3.33. The Balaban J connectivity index is 1.95. The zero-order chi connectivity index (χ0) is 18.1. The summed E-state index contributed by atoms with van der Waals surface area (Å²) < 4.78 is 28.1. The van der Waals surface area contributed by atoms with Crippen molar-refractivity contribution >= 4 is 21.9 Å². The molecular formula is C14H15BrFN5O4. The molecule has 1 fully saturated rings. The maximum atomic E-state index is 14.8. The van der Waals surface area contributed by atoms with Crippen molar-refractivity contribution in [3.8, 4) is 5.82 Å². The number of carbonyl (C=O) groups is 1. The molecule has 0 N–H and O–H groups in total. The summed E-state index contributed by atoms with van der Waals surface area (Å²) in [7, 11) is 0. The number of aromatic nitrogens is 5. The van der Waals surface area contributed by atoms with E-state index < -0.39 is 36.3 Å². The Morgan fingerprint density at radius 1 is 1.52 bits per heavy atom. The molecule has 3 heterocycles. The van der Waals surface area contributed by atoms with E-state index in [0.717, 1.165) is 4.57 Å². The molecule has 0 amide bonds. The molecule has 1 saturated heterocycles. The van der Waals surface area contributed by atoms with Crippen LogP contribution in [0.5, 0.6) is 0 Å². The Hall–Kier alpha value is -2.14. The fraction of sp³-hybridized carbons (Fsp3) is 0.500. The lowest BCUT2D eigenvalue weighted by Gasteiger charge is -2.18. The molecule has 4 atom stereocenters. The van der Waals surface area contributed by atoms with Crippen LogP contribution in [-0.4, -0.2) is 48.7 Å². The topological polar surface area (TPSA) is 101 Å². The number of esters is 1. The average Bonchev–Trinajstić information content (AvgIpc) is 3.19. The van der Waals surface area contributed by atoms with Crippen LogP contribution in [-0.2, 0) is 14.3 Å². The lowest BCUT2D eigenvalue weighted by atomic mass is 10.1. The van der Waals surface area contributed by atoms with Crippen LogP contribution in [0, 0.1) is 0 Å². The summed E-state index contributed by atoms with van der Waals surface area (Å²) >= 11 is 3.28. The van der Waals surface area contributed by atoms with Crippen molar-refractivity contribution in [2.45, 2.75) is 44.9 Å². The summed E-state index contributed by atoms with van der Waals surface area (Å²) in [5.41, 5.74) is -0.723. The maximum Gasteiger partial charge on any atom is 0.351 e. The quantitative estimate of drug-likeness (QED) is 0.690. The van der Waals surface area contributed by atoms with E-state index in [0.29, 0.717) is 10.9 Å². The third-order valence-electron chi connectivity index (χ3n) is 3.77. The second-order valence-corrected chi connectivity index (χ2v) is 6.29. The lowest BCUT2D eigenvalue weighted by Crippen LogP contribution is -2.35. The molecule has 0 aromatic carbocycles. The summed E-state index contributed by atoms with van der Waals surface area (Å²) in [4.78, 5) is 31.2. The predicted octanol–water partition coefficient (Wildman–Crippen LogP) is 1.16. The first-order valence-corrected chi connectivity index (χ1v) is 8.32. The van der Waals surface area contributed by atoms with Crippen molar-refractivity contribution in [3.63, 3.8) is 0 Å². The van der Waals surface area contributed by atoms with Crippen molar-refractivity contribution in [3.05, 3.63) is 33.8 Å². The summed E-state index contributed by atoms with van der Waals surface area (Å²) in [5, 5.41) is 3.90. The number of halogens is 2.